The summed E-state index contributed by atoms with van der Waals surface area (Å²) >= 11 is 0. The van der Waals surface area contributed by atoms with Crippen molar-refractivity contribution in [3.63, 3.8) is 0 Å². The molecule has 0 amide bonds. The van der Waals surface area contributed by atoms with Crippen molar-refractivity contribution >= 4 is 0 Å². The van der Waals surface area contributed by atoms with Crippen molar-refractivity contribution in [2.45, 2.75) is 32.4 Å². The molecule has 2 heteroatoms. The zero-order valence-corrected chi connectivity index (χ0v) is 6.22. The summed E-state index contributed by atoms with van der Waals surface area (Å²) in [6.45, 7) is 5.52. The van der Waals surface area contributed by atoms with E-state index in [4.69, 9.17) is 5.73 Å². The standard InChI is InChI=1S/C7H16N2/c1-5(2)7-6(8)3-4-9-7/h5-7,9H,3-4,8H2,1-2H3/t6-,7+/m1/s1. The largest absolute Gasteiger partial charge is 0.326 e. The van der Waals surface area contributed by atoms with Crippen LogP contribution in [0.25, 0.3) is 0 Å². The molecule has 0 aliphatic carbocycles. The lowest BCUT2D eigenvalue weighted by atomic mass is 9.99. The number of nitrogens with two attached hydrogens (primary N) is 1. The van der Waals surface area contributed by atoms with Crippen molar-refractivity contribution in [1.29, 1.82) is 0 Å². The van der Waals surface area contributed by atoms with Gasteiger partial charge in [0.05, 0.1) is 0 Å². The van der Waals surface area contributed by atoms with Gasteiger partial charge in [0, 0.05) is 12.1 Å². The van der Waals surface area contributed by atoms with Crippen LogP contribution in [-0.2, 0) is 0 Å². The fourth-order valence-corrected chi connectivity index (χ4v) is 1.48. The van der Waals surface area contributed by atoms with E-state index in [1.54, 1.807) is 0 Å². The first kappa shape index (κ1) is 7.03. The third-order valence-corrected chi connectivity index (χ3v) is 2.04. The summed E-state index contributed by atoms with van der Waals surface area (Å²) in [5.41, 5.74) is 5.82. The molecule has 3 N–H and O–H groups in total. The molecule has 1 heterocycles. The van der Waals surface area contributed by atoms with E-state index >= 15 is 0 Å². The van der Waals surface area contributed by atoms with Gasteiger partial charge in [0.25, 0.3) is 0 Å². The highest BCUT2D eigenvalue weighted by Crippen LogP contribution is 2.12. The van der Waals surface area contributed by atoms with Gasteiger partial charge in [-0.2, -0.15) is 0 Å². The van der Waals surface area contributed by atoms with Crippen molar-refractivity contribution in [2.24, 2.45) is 11.7 Å². The van der Waals surface area contributed by atoms with Gasteiger partial charge < -0.3 is 11.1 Å². The second kappa shape index (κ2) is 2.67. The van der Waals surface area contributed by atoms with Crippen LogP contribution in [0.1, 0.15) is 20.3 Å². The van der Waals surface area contributed by atoms with Crippen molar-refractivity contribution in [3.8, 4) is 0 Å². The minimum atomic E-state index is 0.394. The van der Waals surface area contributed by atoms with E-state index in [0.29, 0.717) is 18.0 Å². The molecule has 1 saturated heterocycles. The Balaban J connectivity index is 2.40. The number of nitrogens with one attached hydrogen (secondary N) is 1. The first-order chi connectivity index (χ1) is 4.22. The predicted octanol–water partition coefficient (Wildman–Crippen LogP) is 0.332. The van der Waals surface area contributed by atoms with Crippen LogP contribution in [0.4, 0.5) is 0 Å². The maximum atomic E-state index is 5.82. The zero-order valence-electron chi connectivity index (χ0n) is 6.22. The van der Waals surface area contributed by atoms with E-state index in [1.807, 2.05) is 0 Å². The SMILES string of the molecule is CC(C)[C@@H]1NCC[C@H]1N. The second-order valence-electron chi connectivity index (χ2n) is 3.18. The van der Waals surface area contributed by atoms with Crippen LogP contribution < -0.4 is 11.1 Å². The van der Waals surface area contributed by atoms with Gasteiger partial charge in [0.2, 0.25) is 0 Å². The molecule has 9 heavy (non-hydrogen) atoms. The Morgan fingerprint density at radius 1 is 1.56 bits per heavy atom. The third-order valence-electron chi connectivity index (χ3n) is 2.04. The molecule has 1 rings (SSSR count). The summed E-state index contributed by atoms with van der Waals surface area (Å²) in [4.78, 5) is 0. The third kappa shape index (κ3) is 1.43. The second-order valence-corrected chi connectivity index (χ2v) is 3.18. The quantitative estimate of drug-likeness (QED) is 0.534. The fraction of sp³-hybridized carbons (Fsp3) is 1.00. The van der Waals surface area contributed by atoms with E-state index in [9.17, 15) is 0 Å². The minimum absolute atomic E-state index is 0.394. The molecular weight excluding hydrogens is 112 g/mol. The van der Waals surface area contributed by atoms with E-state index in [2.05, 4.69) is 19.2 Å². The van der Waals surface area contributed by atoms with E-state index in [-0.39, 0.29) is 0 Å². The molecule has 0 bridgehead atoms. The molecule has 54 valence electrons. The van der Waals surface area contributed by atoms with E-state index < -0.39 is 0 Å². The van der Waals surface area contributed by atoms with Gasteiger partial charge in [0.1, 0.15) is 0 Å². The van der Waals surface area contributed by atoms with Crippen LogP contribution in [0.15, 0.2) is 0 Å². The summed E-state index contributed by atoms with van der Waals surface area (Å²) in [7, 11) is 0. The molecule has 1 aliphatic rings. The number of hydrogen-bond donors (Lipinski definition) is 2. The Hall–Kier alpha value is -0.0800. The van der Waals surface area contributed by atoms with Crippen molar-refractivity contribution in [1.82, 2.24) is 5.32 Å². The zero-order chi connectivity index (χ0) is 6.85. The van der Waals surface area contributed by atoms with E-state index in [1.165, 1.54) is 0 Å². The monoisotopic (exact) mass is 128 g/mol. The van der Waals surface area contributed by atoms with Crippen molar-refractivity contribution < 1.29 is 0 Å². The molecule has 2 nitrogen and oxygen atoms in total. The molecule has 0 unspecified atom stereocenters. The van der Waals surface area contributed by atoms with Gasteiger partial charge >= 0.3 is 0 Å². The minimum Gasteiger partial charge on any atom is -0.326 e. The lowest BCUT2D eigenvalue weighted by Crippen LogP contribution is -2.40. The van der Waals surface area contributed by atoms with Gasteiger partial charge in [-0.3, -0.25) is 0 Å². The maximum absolute atomic E-state index is 5.82. The number of hydrogen-bond acceptors (Lipinski definition) is 2. The van der Waals surface area contributed by atoms with Crippen LogP contribution >= 0.6 is 0 Å². The molecule has 0 spiro atoms. The lowest BCUT2D eigenvalue weighted by Gasteiger charge is -2.18. The average molecular weight is 128 g/mol. The van der Waals surface area contributed by atoms with Gasteiger partial charge in [0.15, 0.2) is 0 Å². The van der Waals surface area contributed by atoms with Crippen molar-refractivity contribution in [3.05, 3.63) is 0 Å². The molecule has 0 aromatic carbocycles. The topological polar surface area (TPSA) is 38.0 Å². The molecule has 1 fully saturated rings. The molecule has 1 aliphatic heterocycles. The first-order valence-corrected chi connectivity index (χ1v) is 3.71. The molecule has 0 radical (unpaired) electrons. The van der Waals surface area contributed by atoms with Crippen LogP contribution in [0, 0.1) is 5.92 Å². The van der Waals surface area contributed by atoms with Crippen molar-refractivity contribution in [2.75, 3.05) is 6.54 Å². The van der Waals surface area contributed by atoms with Gasteiger partial charge in [-0.05, 0) is 18.9 Å². The normalized spacial score (nSPS) is 36.0. The van der Waals surface area contributed by atoms with Gasteiger partial charge in [-0.1, -0.05) is 13.8 Å². The fourth-order valence-electron chi connectivity index (χ4n) is 1.48. The van der Waals surface area contributed by atoms with Crippen LogP contribution in [0.5, 0.6) is 0 Å². The summed E-state index contributed by atoms with van der Waals surface area (Å²) in [6.07, 6.45) is 1.14. The molecule has 0 aromatic rings. The lowest BCUT2D eigenvalue weighted by molar-refractivity contribution is 0.415. The summed E-state index contributed by atoms with van der Waals surface area (Å²) in [6, 6.07) is 0.954. The first-order valence-electron chi connectivity index (χ1n) is 3.71. The highest BCUT2D eigenvalue weighted by molar-refractivity contribution is 4.88. The highest BCUT2D eigenvalue weighted by atomic mass is 15.0. The Bertz CT molecular complexity index is 90.9. The van der Waals surface area contributed by atoms with Gasteiger partial charge in [-0.25, -0.2) is 0 Å². The summed E-state index contributed by atoms with van der Waals surface area (Å²) < 4.78 is 0. The molecule has 2 atom stereocenters. The maximum Gasteiger partial charge on any atom is 0.0242 e. The number of rotatable bonds is 1. The highest BCUT2D eigenvalue weighted by Gasteiger charge is 2.25. The van der Waals surface area contributed by atoms with Crippen LogP contribution in [-0.4, -0.2) is 18.6 Å². The van der Waals surface area contributed by atoms with Gasteiger partial charge in [-0.15, -0.1) is 0 Å². The average Bonchev–Trinajstić information content (AvgIpc) is 2.13. The van der Waals surface area contributed by atoms with E-state index in [0.717, 1.165) is 13.0 Å². The molecule has 0 saturated carbocycles. The summed E-state index contributed by atoms with van der Waals surface area (Å²) in [5.74, 6) is 0.683. The Kier molecular flexibility index (Phi) is 2.09. The molecule has 0 aromatic heterocycles. The van der Waals surface area contributed by atoms with Crippen LogP contribution in [0.3, 0.4) is 0 Å². The van der Waals surface area contributed by atoms with Crippen LogP contribution in [0.2, 0.25) is 0 Å². The Labute approximate surface area is 56.8 Å². The summed E-state index contributed by atoms with van der Waals surface area (Å²) in [5, 5.41) is 3.38. The predicted molar refractivity (Wildman–Crippen MR) is 39.2 cm³/mol. The Morgan fingerprint density at radius 2 is 2.22 bits per heavy atom. The smallest absolute Gasteiger partial charge is 0.0242 e. The molecular formula is C7H16N2. The Morgan fingerprint density at radius 3 is 2.44 bits per heavy atom.